The van der Waals surface area contributed by atoms with Crippen LogP contribution >= 0.6 is 0 Å². The highest BCUT2D eigenvalue weighted by Crippen LogP contribution is 2.45. The van der Waals surface area contributed by atoms with Crippen LogP contribution < -0.4 is 5.32 Å². The number of carboxylic acid groups (broad SMARTS) is 1. The highest BCUT2D eigenvalue weighted by Gasteiger charge is 2.45. The second-order valence-electron chi connectivity index (χ2n) is 9.12. The quantitative estimate of drug-likeness (QED) is 0.602. The molecule has 0 radical (unpaired) electrons. The summed E-state index contributed by atoms with van der Waals surface area (Å²) >= 11 is 0. The number of fused-ring (bicyclic) bond motifs is 3. The first-order valence-electron chi connectivity index (χ1n) is 11.4. The molecule has 2 amide bonds. The van der Waals surface area contributed by atoms with Crippen LogP contribution in [0.15, 0.2) is 48.5 Å². The van der Waals surface area contributed by atoms with Crippen molar-refractivity contribution < 1.29 is 24.2 Å². The largest absolute Gasteiger partial charge is 0.480 e. The Hall–Kier alpha value is -3.35. The smallest absolute Gasteiger partial charge is 0.407 e. The number of rotatable bonds is 9. The third-order valence-corrected chi connectivity index (χ3v) is 6.79. The molecular formula is C26H30N2O5. The summed E-state index contributed by atoms with van der Waals surface area (Å²) in [6.07, 6.45) is 1.32. The molecule has 0 bridgehead atoms. The van der Waals surface area contributed by atoms with Gasteiger partial charge >= 0.3 is 12.1 Å². The molecule has 33 heavy (non-hydrogen) atoms. The number of likely N-dealkylation sites (N-methyl/N-ethyl adjacent to an activating group) is 1. The lowest BCUT2D eigenvalue weighted by Crippen LogP contribution is -2.52. The van der Waals surface area contributed by atoms with Crippen molar-refractivity contribution in [3.8, 4) is 11.1 Å². The maximum absolute atomic E-state index is 12.8. The van der Waals surface area contributed by atoms with E-state index in [0.717, 1.165) is 35.1 Å². The van der Waals surface area contributed by atoms with Crippen molar-refractivity contribution in [2.45, 2.75) is 44.6 Å². The molecule has 0 aromatic heterocycles. The van der Waals surface area contributed by atoms with E-state index >= 15 is 0 Å². The van der Waals surface area contributed by atoms with Gasteiger partial charge in [-0.3, -0.25) is 9.59 Å². The molecule has 0 heterocycles. The van der Waals surface area contributed by atoms with Gasteiger partial charge in [0.1, 0.15) is 13.2 Å². The Morgan fingerprint density at radius 3 is 2.15 bits per heavy atom. The van der Waals surface area contributed by atoms with Crippen molar-refractivity contribution in [2.75, 3.05) is 19.7 Å². The Balaban J connectivity index is 1.42. The van der Waals surface area contributed by atoms with Gasteiger partial charge in [0.25, 0.3) is 0 Å². The van der Waals surface area contributed by atoms with E-state index in [2.05, 4.69) is 29.6 Å². The Kier molecular flexibility index (Phi) is 6.40. The van der Waals surface area contributed by atoms with Crippen LogP contribution in [0, 0.1) is 5.92 Å². The Labute approximate surface area is 193 Å². The van der Waals surface area contributed by atoms with E-state index in [0.29, 0.717) is 6.54 Å². The van der Waals surface area contributed by atoms with Crippen molar-refractivity contribution in [3.05, 3.63) is 59.7 Å². The summed E-state index contributed by atoms with van der Waals surface area (Å²) in [6.45, 7) is 3.75. The summed E-state index contributed by atoms with van der Waals surface area (Å²) in [4.78, 5) is 37.9. The van der Waals surface area contributed by atoms with Crippen molar-refractivity contribution in [2.24, 2.45) is 5.92 Å². The molecule has 2 aliphatic carbocycles. The zero-order valence-corrected chi connectivity index (χ0v) is 19.0. The van der Waals surface area contributed by atoms with Gasteiger partial charge in [-0.25, -0.2) is 4.79 Å². The van der Waals surface area contributed by atoms with E-state index in [9.17, 15) is 14.4 Å². The fourth-order valence-electron chi connectivity index (χ4n) is 4.84. The van der Waals surface area contributed by atoms with Gasteiger partial charge in [0.05, 0.1) is 12.0 Å². The third-order valence-electron chi connectivity index (χ3n) is 6.79. The number of nitrogens with one attached hydrogen (secondary N) is 1. The number of hydrogen-bond donors (Lipinski definition) is 2. The second-order valence-corrected chi connectivity index (χ2v) is 9.12. The van der Waals surface area contributed by atoms with Crippen LogP contribution in [0.3, 0.4) is 0 Å². The van der Waals surface area contributed by atoms with Crippen LogP contribution in [0.5, 0.6) is 0 Å². The van der Waals surface area contributed by atoms with Gasteiger partial charge in [-0.2, -0.15) is 0 Å². The Bertz CT molecular complexity index is 1020. The molecule has 1 saturated carbocycles. The van der Waals surface area contributed by atoms with Gasteiger partial charge < -0.3 is 20.1 Å². The minimum absolute atomic E-state index is 0.0388. The average molecular weight is 451 g/mol. The molecule has 1 atom stereocenters. The molecular weight excluding hydrogens is 420 g/mol. The van der Waals surface area contributed by atoms with E-state index in [-0.39, 0.29) is 37.3 Å². The Morgan fingerprint density at radius 2 is 1.64 bits per heavy atom. The van der Waals surface area contributed by atoms with Crippen LogP contribution in [0.4, 0.5) is 4.79 Å². The first-order valence-corrected chi connectivity index (χ1v) is 11.4. The molecule has 1 fully saturated rings. The van der Waals surface area contributed by atoms with Gasteiger partial charge in [-0.1, -0.05) is 48.5 Å². The van der Waals surface area contributed by atoms with E-state index in [1.54, 1.807) is 6.92 Å². The highest BCUT2D eigenvalue weighted by atomic mass is 16.5. The third kappa shape index (κ3) is 4.87. The zero-order chi connectivity index (χ0) is 23.6. The monoisotopic (exact) mass is 450 g/mol. The van der Waals surface area contributed by atoms with Gasteiger partial charge in [0.15, 0.2) is 0 Å². The molecule has 7 heteroatoms. The topological polar surface area (TPSA) is 95.9 Å². The lowest BCUT2D eigenvalue weighted by atomic mass is 9.91. The highest BCUT2D eigenvalue weighted by molar-refractivity contribution is 5.83. The number of hydrogen-bond acceptors (Lipinski definition) is 4. The summed E-state index contributed by atoms with van der Waals surface area (Å²) in [5.41, 5.74) is 3.82. The summed E-state index contributed by atoms with van der Waals surface area (Å²) in [5.74, 6) is -1.20. The standard InChI is InChI=1S/C26H30N2O5/c1-3-28(15-24(30)31)23(29)14-26(2,17-12-13-17)27-25(32)33-16-22-20-10-6-4-8-18(20)19-9-5-7-11-21(19)22/h4-11,17,22H,3,12-16H2,1-2H3,(H,27,32)(H,30,31). The van der Waals surface area contributed by atoms with Crippen LogP contribution in [-0.2, 0) is 14.3 Å². The maximum Gasteiger partial charge on any atom is 0.407 e. The molecule has 0 spiro atoms. The van der Waals surface area contributed by atoms with E-state index in [1.165, 1.54) is 4.90 Å². The van der Waals surface area contributed by atoms with Crippen molar-refractivity contribution >= 4 is 18.0 Å². The molecule has 2 aromatic carbocycles. The van der Waals surface area contributed by atoms with Crippen LogP contribution in [0.1, 0.15) is 50.2 Å². The molecule has 2 N–H and O–H groups in total. The number of carbonyl (C=O) groups is 3. The van der Waals surface area contributed by atoms with E-state index < -0.39 is 17.6 Å². The van der Waals surface area contributed by atoms with Gasteiger partial charge in [0, 0.05) is 12.5 Å². The molecule has 1 unspecified atom stereocenters. The fourth-order valence-corrected chi connectivity index (χ4v) is 4.84. The predicted octanol–water partition coefficient (Wildman–Crippen LogP) is 4.02. The van der Waals surface area contributed by atoms with Crippen LogP contribution in [0.2, 0.25) is 0 Å². The number of aliphatic carboxylic acids is 1. The summed E-state index contributed by atoms with van der Waals surface area (Å²) in [7, 11) is 0. The first-order chi connectivity index (χ1) is 15.8. The summed E-state index contributed by atoms with van der Waals surface area (Å²) < 4.78 is 5.68. The van der Waals surface area contributed by atoms with Crippen molar-refractivity contribution in [3.63, 3.8) is 0 Å². The number of ether oxygens (including phenoxy) is 1. The Morgan fingerprint density at radius 1 is 1.06 bits per heavy atom. The van der Waals surface area contributed by atoms with E-state index in [1.807, 2.05) is 31.2 Å². The van der Waals surface area contributed by atoms with Crippen molar-refractivity contribution in [1.82, 2.24) is 10.2 Å². The molecule has 174 valence electrons. The predicted molar refractivity (Wildman–Crippen MR) is 124 cm³/mol. The summed E-state index contributed by atoms with van der Waals surface area (Å²) in [6, 6.07) is 16.3. The molecule has 0 saturated heterocycles. The van der Waals surface area contributed by atoms with Gasteiger partial charge in [-0.15, -0.1) is 0 Å². The SMILES string of the molecule is CCN(CC(=O)O)C(=O)CC(C)(NC(=O)OCC1c2ccccc2-c2ccccc21)C1CC1. The minimum atomic E-state index is -1.05. The second kappa shape index (κ2) is 9.25. The van der Waals surface area contributed by atoms with Crippen LogP contribution in [0.25, 0.3) is 11.1 Å². The fraction of sp³-hybridized carbons (Fsp3) is 0.423. The average Bonchev–Trinajstić information content (AvgIpc) is 3.60. The number of carboxylic acids is 1. The number of alkyl carbamates (subject to hydrolysis) is 1. The molecule has 4 rings (SSSR count). The van der Waals surface area contributed by atoms with E-state index in [4.69, 9.17) is 9.84 Å². The molecule has 0 aliphatic heterocycles. The summed E-state index contributed by atoms with van der Waals surface area (Å²) in [5, 5.41) is 12.0. The molecule has 2 aromatic rings. The number of amides is 2. The van der Waals surface area contributed by atoms with Crippen LogP contribution in [-0.4, -0.2) is 53.2 Å². The number of benzene rings is 2. The lowest BCUT2D eigenvalue weighted by molar-refractivity contribution is -0.145. The van der Waals surface area contributed by atoms with Crippen molar-refractivity contribution in [1.29, 1.82) is 0 Å². The van der Waals surface area contributed by atoms with Gasteiger partial charge in [0.2, 0.25) is 5.91 Å². The lowest BCUT2D eigenvalue weighted by Gasteiger charge is -2.32. The minimum Gasteiger partial charge on any atom is -0.480 e. The zero-order valence-electron chi connectivity index (χ0n) is 19.0. The molecule has 2 aliphatic rings. The first kappa shape index (κ1) is 22.8. The number of carbonyl (C=O) groups excluding carboxylic acids is 2. The normalized spacial score (nSPS) is 16.3. The van der Waals surface area contributed by atoms with Gasteiger partial charge in [-0.05, 0) is 54.9 Å². The number of nitrogens with zero attached hydrogens (tertiary/aromatic N) is 1. The molecule has 7 nitrogen and oxygen atoms in total. The maximum atomic E-state index is 12.8.